The summed E-state index contributed by atoms with van der Waals surface area (Å²) in [6.45, 7) is 3.10. The third-order valence-corrected chi connectivity index (χ3v) is 3.96. The monoisotopic (exact) mass is 263 g/mol. The highest BCUT2D eigenvalue weighted by atomic mass is 16.4. The summed E-state index contributed by atoms with van der Waals surface area (Å²) < 4.78 is 0. The summed E-state index contributed by atoms with van der Waals surface area (Å²) in [6.07, 6.45) is 1.97. The van der Waals surface area contributed by atoms with Crippen molar-refractivity contribution in [1.29, 1.82) is 0 Å². The number of hydrogen-bond acceptors (Lipinski definition) is 3. The molecule has 0 aromatic heterocycles. The number of carboxylic acids is 1. The highest BCUT2D eigenvalue weighted by Gasteiger charge is 2.44. The van der Waals surface area contributed by atoms with Gasteiger partial charge >= 0.3 is 5.97 Å². The molecule has 1 saturated carbocycles. The van der Waals surface area contributed by atoms with Gasteiger partial charge in [-0.25, -0.2) is 0 Å². The van der Waals surface area contributed by atoms with Gasteiger partial charge < -0.3 is 10.2 Å². The molecular weight excluding hydrogens is 242 g/mol. The zero-order valence-electron chi connectivity index (χ0n) is 11.2. The van der Waals surface area contributed by atoms with E-state index in [-0.39, 0.29) is 12.0 Å². The first-order valence-corrected chi connectivity index (χ1v) is 6.68. The standard InChI is InChI=1S/C15H21NO3/c1-12(14(18)19)16(10-15(11-17)7-8-15)9-13-5-3-2-4-6-13/h2-6,12,17H,7-11H2,1H3,(H,18,19). The molecule has 4 heteroatoms. The molecule has 4 nitrogen and oxygen atoms in total. The third kappa shape index (κ3) is 3.55. The Balaban J connectivity index is 2.08. The lowest BCUT2D eigenvalue weighted by Crippen LogP contribution is -2.42. The van der Waals surface area contributed by atoms with Crippen LogP contribution >= 0.6 is 0 Å². The predicted octanol–water partition coefficient (Wildman–Crippen LogP) is 1.73. The smallest absolute Gasteiger partial charge is 0.320 e. The van der Waals surface area contributed by atoms with E-state index in [9.17, 15) is 15.0 Å². The normalized spacial score (nSPS) is 18.3. The molecule has 0 amide bonds. The molecule has 1 atom stereocenters. The second-order valence-corrected chi connectivity index (χ2v) is 5.56. The number of carbonyl (C=O) groups is 1. The van der Waals surface area contributed by atoms with Gasteiger partial charge in [-0.2, -0.15) is 0 Å². The Bertz CT molecular complexity index is 428. The van der Waals surface area contributed by atoms with Gasteiger partial charge in [0.2, 0.25) is 0 Å². The van der Waals surface area contributed by atoms with E-state index in [0.29, 0.717) is 13.1 Å². The van der Waals surface area contributed by atoms with Crippen LogP contribution in [0.2, 0.25) is 0 Å². The molecule has 1 unspecified atom stereocenters. The Morgan fingerprint density at radius 3 is 2.47 bits per heavy atom. The minimum atomic E-state index is -0.815. The van der Waals surface area contributed by atoms with E-state index in [1.807, 2.05) is 35.2 Å². The molecule has 19 heavy (non-hydrogen) atoms. The fourth-order valence-corrected chi connectivity index (χ4v) is 2.28. The van der Waals surface area contributed by atoms with Crippen LogP contribution in [-0.4, -0.2) is 40.3 Å². The quantitative estimate of drug-likeness (QED) is 0.786. The topological polar surface area (TPSA) is 60.8 Å². The molecule has 2 rings (SSSR count). The number of aliphatic hydroxyl groups is 1. The lowest BCUT2D eigenvalue weighted by Gasteiger charge is -2.29. The molecular formula is C15H21NO3. The van der Waals surface area contributed by atoms with Crippen molar-refractivity contribution in [2.75, 3.05) is 13.2 Å². The van der Waals surface area contributed by atoms with Gasteiger partial charge in [0.15, 0.2) is 0 Å². The first kappa shape index (κ1) is 14.0. The van der Waals surface area contributed by atoms with E-state index >= 15 is 0 Å². The van der Waals surface area contributed by atoms with Crippen LogP contribution in [0.3, 0.4) is 0 Å². The van der Waals surface area contributed by atoms with E-state index in [4.69, 9.17) is 0 Å². The van der Waals surface area contributed by atoms with E-state index in [2.05, 4.69) is 0 Å². The summed E-state index contributed by atoms with van der Waals surface area (Å²) in [7, 11) is 0. The maximum absolute atomic E-state index is 11.2. The van der Waals surface area contributed by atoms with Crippen molar-refractivity contribution in [2.24, 2.45) is 5.41 Å². The van der Waals surface area contributed by atoms with E-state index < -0.39 is 12.0 Å². The Labute approximate surface area is 113 Å². The minimum Gasteiger partial charge on any atom is -0.480 e. The minimum absolute atomic E-state index is 0.0709. The van der Waals surface area contributed by atoms with E-state index in [1.54, 1.807) is 6.92 Å². The fourth-order valence-electron chi connectivity index (χ4n) is 2.28. The molecule has 0 radical (unpaired) electrons. The molecule has 104 valence electrons. The largest absolute Gasteiger partial charge is 0.480 e. The maximum Gasteiger partial charge on any atom is 0.320 e. The second-order valence-electron chi connectivity index (χ2n) is 5.56. The molecule has 2 N–H and O–H groups in total. The number of benzene rings is 1. The number of aliphatic carboxylic acids is 1. The van der Waals surface area contributed by atoms with Crippen LogP contribution in [0.4, 0.5) is 0 Å². The van der Waals surface area contributed by atoms with Gasteiger partial charge in [0, 0.05) is 25.1 Å². The third-order valence-electron chi connectivity index (χ3n) is 3.96. The highest BCUT2D eigenvalue weighted by molar-refractivity contribution is 5.72. The number of aliphatic hydroxyl groups excluding tert-OH is 1. The summed E-state index contributed by atoms with van der Waals surface area (Å²) in [5, 5.41) is 18.6. The van der Waals surface area contributed by atoms with E-state index in [1.165, 1.54) is 0 Å². The highest BCUT2D eigenvalue weighted by Crippen LogP contribution is 2.46. The zero-order valence-corrected chi connectivity index (χ0v) is 11.2. The molecule has 1 fully saturated rings. The van der Waals surface area contributed by atoms with Gasteiger partial charge in [-0.05, 0) is 25.3 Å². The lowest BCUT2D eigenvalue weighted by atomic mass is 10.1. The lowest BCUT2D eigenvalue weighted by molar-refractivity contribution is -0.143. The fraction of sp³-hybridized carbons (Fsp3) is 0.533. The molecule has 0 bridgehead atoms. The zero-order chi connectivity index (χ0) is 13.9. The Morgan fingerprint density at radius 1 is 1.37 bits per heavy atom. The average Bonchev–Trinajstić information content (AvgIpc) is 3.18. The Hall–Kier alpha value is -1.39. The van der Waals surface area contributed by atoms with Crippen LogP contribution in [0.1, 0.15) is 25.3 Å². The molecule has 1 aromatic rings. The number of carboxylic acid groups (broad SMARTS) is 1. The van der Waals surface area contributed by atoms with Crippen molar-refractivity contribution in [3.63, 3.8) is 0 Å². The molecule has 1 aliphatic rings. The summed E-state index contributed by atoms with van der Waals surface area (Å²) in [4.78, 5) is 13.2. The van der Waals surface area contributed by atoms with Gasteiger partial charge in [-0.3, -0.25) is 9.69 Å². The first-order chi connectivity index (χ1) is 9.06. The molecule has 0 saturated heterocycles. The number of hydrogen-bond donors (Lipinski definition) is 2. The molecule has 0 aliphatic heterocycles. The Kier molecular flexibility index (Phi) is 4.22. The van der Waals surface area contributed by atoms with Gasteiger partial charge in [-0.1, -0.05) is 30.3 Å². The number of nitrogens with zero attached hydrogens (tertiary/aromatic N) is 1. The SMILES string of the molecule is CC(C(=O)O)N(Cc1ccccc1)CC1(CO)CC1. The van der Waals surface area contributed by atoms with Crippen LogP contribution in [0.5, 0.6) is 0 Å². The van der Waals surface area contributed by atoms with Crippen LogP contribution < -0.4 is 0 Å². The molecule has 1 aliphatic carbocycles. The van der Waals surface area contributed by atoms with Crippen molar-refractivity contribution < 1.29 is 15.0 Å². The van der Waals surface area contributed by atoms with Crippen LogP contribution in [0, 0.1) is 5.41 Å². The second kappa shape index (κ2) is 5.72. The molecule has 0 spiro atoms. The van der Waals surface area contributed by atoms with E-state index in [0.717, 1.165) is 18.4 Å². The first-order valence-electron chi connectivity index (χ1n) is 6.68. The van der Waals surface area contributed by atoms with Crippen molar-refractivity contribution in [2.45, 2.75) is 32.4 Å². The predicted molar refractivity (Wildman–Crippen MR) is 72.7 cm³/mol. The van der Waals surface area contributed by atoms with Crippen LogP contribution in [0.15, 0.2) is 30.3 Å². The molecule has 0 heterocycles. The van der Waals surface area contributed by atoms with Crippen LogP contribution in [-0.2, 0) is 11.3 Å². The van der Waals surface area contributed by atoms with Crippen LogP contribution in [0.25, 0.3) is 0 Å². The summed E-state index contributed by atoms with van der Waals surface area (Å²) >= 11 is 0. The number of rotatable bonds is 7. The van der Waals surface area contributed by atoms with Gasteiger partial charge in [0.1, 0.15) is 6.04 Å². The molecule has 1 aromatic carbocycles. The summed E-state index contributed by atoms with van der Waals surface area (Å²) in [6, 6.07) is 9.32. The Morgan fingerprint density at radius 2 is 2.00 bits per heavy atom. The summed E-state index contributed by atoms with van der Waals surface area (Å²) in [5.41, 5.74) is 1.03. The average molecular weight is 263 g/mol. The van der Waals surface area contributed by atoms with Crippen molar-refractivity contribution in [1.82, 2.24) is 4.90 Å². The van der Waals surface area contributed by atoms with Gasteiger partial charge in [0.05, 0.1) is 0 Å². The van der Waals surface area contributed by atoms with Crippen molar-refractivity contribution >= 4 is 5.97 Å². The maximum atomic E-state index is 11.2. The van der Waals surface area contributed by atoms with Gasteiger partial charge in [0.25, 0.3) is 0 Å². The van der Waals surface area contributed by atoms with Gasteiger partial charge in [-0.15, -0.1) is 0 Å². The van der Waals surface area contributed by atoms with Crippen molar-refractivity contribution in [3.8, 4) is 0 Å². The van der Waals surface area contributed by atoms with Crippen molar-refractivity contribution in [3.05, 3.63) is 35.9 Å². The summed E-state index contributed by atoms with van der Waals surface area (Å²) in [5.74, 6) is -0.815.